The van der Waals surface area contributed by atoms with Crippen molar-refractivity contribution in [3.8, 4) is 5.75 Å². The summed E-state index contributed by atoms with van der Waals surface area (Å²) in [4.78, 5) is 12.8. The molecular weight excluding hydrogens is 402 g/mol. The molecule has 6 nitrogen and oxygen atoms in total. The van der Waals surface area contributed by atoms with Crippen molar-refractivity contribution >= 4 is 21.6 Å². The summed E-state index contributed by atoms with van der Waals surface area (Å²) in [5.41, 5.74) is 0.694. The Balaban J connectivity index is 2.28. The standard InChI is InChI=1S/C20H24F2N2O4S/c1-5-19(14-6-9-16(28-3)10-7-14)23-20(25)13(2)24(29(4,26)27)15-8-11-17(21)18(22)12-15/h6-13,19H,5H2,1-4H3,(H,23,25)/t13-,19+/m0/s1. The Kier molecular flexibility index (Phi) is 7.18. The third-order valence-corrected chi connectivity index (χ3v) is 5.73. The minimum Gasteiger partial charge on any atom is -0.497 e. The van der Waals surface area contributed by atoms with Gasteiger partial charge in [0.05, 0.1) is 25.1 Å². The van der Waals surface area contributed by atoms with Crippen molar-refractivity contribution in [3.05, 3.63) is 59.7 Å². The number of anilines is 1. The highest BCUT2D eigenvalue weighted by atomic mass is 32.2. The molecule has 0 heterocycles. The van der Waals surface area contributed by atoms with Crippen LogP contribution < -0.4 is 14.4 Å². The Bertz CT molecular complexity index is 965. The molecule has 0 aliphatic rings. The van der Waals surface area contributed by atoms with Gasteiger partial charge in [-0.25, -0.2) is 17.2 Å². The van der Waals surface area contributed by atoms with Gasteiger partial charge < -0.3 is 10.1 Å². The maximum Gasteiger partial charge on any atom is 0.244 e. The van der Waals surface area contributed by atoms with Crippen molar-refractivity contribution in [1.82, 2.24) is 5.32 Å². The Morgan fingerprint density at radius 2 is 1.76 bits per heavy atom. The zero-order valence-electron chi connectivity index (χ0n) is 16.6. The van der Waals surface area contributed by atoms with E-state index in [-0.39, 0.29) is 11.7 Å². The van der Waals surface area contributed by atoms with E-state index in [0.717, 1.165) is 34.3 Å². The van der Waals surface area contributed by atoms with Crippen molar-refractivity contribution in [1.29, 1.82) is 0 Å². The topological polar surface area (TPSA) is 75.7 Å². The number of nitrogens with zero attached hydrogens (tertiary/aromatic N) is 1. The number of carbonyl (C=O) groups is 1. The molecule has 0 spiro atoms. The van der Waals surface area contributed by atoms with E-state index in [1.807, 2.05) is 19.1 Å². The van der Waals surface area contributed by atoms with E-state index in [0.29, 0.717) is 12.2 Å². The molecule has 0 bridgehead atoms. The summed E-state index contributed by atoms with van der Waals surface area (Å²) >= 11 is 0. The van der Waals surface area contributed by atoms with Crippen LogP contribution in [0, 0.1) is 11.6 Å². The number of methoxy groups -OCH3 is 1. The van der Waals surface area contributed by atoms with E-state index in [1.165, 1.54) is 6.92 Å². The Morgan fingerprint density at radius 3 is 2.24 bits per heavy atom. The number of sulfonamides is 1. The second-order valence-corrected chi connectivity index (χ2v) is 8.44. The van der Waals surface area contributed by atoms with E-state index in [1.54, 1.807) is 19.2 Å². The lowest BCUT2D eigenvalue weighted by Crippen LogP contribution is -2.48. The summed E-state index contributed by atoms with van der Waals surface area (Å²) in [7, 11) is -2.39. The normalized spacial score (nSPS) is 13.4. The quantitative estimate of drug-likeness (QED) is 0.702. The van der Waals surface area contributed by atoms with Gasteiger partial charge in [-0.3, -0.25) is 9.10 Å². The number of benzene rings is 2. The van der Waals surface area contributed by atoms with Crippen LogP contribution in [0.3, 0.4) is 0 Å². The number of hydrogen-bond donors (Lipinski definition) is 1. The number of hydrogen-bond acceptors (Lipinski definition) is 4. The van der Waals surface area contributed by atoms with Crippen molar-refractivity contribution in [3.63, 3.8) is 0 Å². The van der Waals surface area contributed by atoms with E-state index >= 15 is 0 Å². The first kappa shape index (κ1) is 22.6. The zero-order chi connectivity index (χ0) is 21.8. The fourth-order valence-electron chi connectivity index (χ4n) is 2.98. The monoisotopic (exact) mass is 426 g/mol. The summed E-state index contributed by atoms with van der Waals surface area (Å²) in [5.74, 6) is -2.20. The molecule has 0 aliphatic carbocycles. The highest BCUT2D eigenvalue weighted by Crippen LogP contribution is 2.25. The van der Waals surface area contributed by atoms with Crippen LogP contribution in [0.1, 0.15) is 31.9 Å². The highest BCUT2D eigenvalue weighted by Gasteiger charge is 2.30. The molecule has 0 aliphatic heterocycles. The molecule has 9 heteroatoms. The summed E-state index contributed by atoms with van der Waals surface area (Å²) in [6, 6.07) is 8.29. The molecule has 0 unspecified atom stereocenters. The molecule has 1 N–H and O–H groups in total. The SMILES string of the molecule is CC[C@@H](NC(=O)[C@H](C)N(c1ccc(F)c(F)c1)S(C)(=O)=O)c1ccc(OC)cc1. The molecule has 0 radical (unpaired) electrons. The van der Waals surface area contributed by atoms with Gasteiger partial charge in [-0.2, -0.15) is 0 Å². The fourth-order valence-corrected chi connectivity index (χ4v) is 4.15. The number of nitrogens with one attached hydrogen (secondary N) is 1. The van der Waals surface area contributed by atoms with Crippen molar-refractivity contribution in [2.75, 3.05) is 17.7 Å². The van der Waals surface area contributed by atoms with Crippen LogP contribution >= 0.6 is 0 Å². The predicted molar refractivity (Wildman–Crippen MR) is 107 cm³/mol. The minimum atomic E-state index is -3.94. The molecule has 2 rings (SSSR count). The molecule has 0 saturated carbocycles. The highest BCUT2D eigenvalue weighted by molar-refractivity contribution is 7.92. The van der Waals surface area contributed by atoms with Crippen LogP contribution in [0.4, 0.5) is 14.5 Å². The fraction of sp³-hybridized carbons (Fsp3) is 0.350. The van der Waals surface area contributed by atoms with Crippen molar-refractivity contribution in [2.45, 2.75) is 32.4 Å². The average Bonchev–Trinajstić information content (AvgIpc) is 2.67. The van der Waals surface area contributed by atoms with Crippen LogP contribution in [0.25, 0.3) is 0 Å². The molecule has 0 fully saturated rings. The summed E-state index contributed by atoms with van der Waals surface area (Å²) in [6.45, 7) is 3.27. The van der Waals surface area contributed by atoms with Crippen LogP contribution in [0.5, 0.6) is 5.75 Å². The van der Waals surface area contributed by atoms with Crippen LogP contribution in [0.2, 0.25) is 0 Å². The Morgan fingerprint density at radius 1 is 1.14 bits per heavy atom. The van der Waals surface area contributed by atoms with Gasteiger partial charge in [0.1, 0.15) is 11.8 Å². The Hall–Kier alpha value is -2.68. The molecule has 2 aromatic rings. The van der Waals surface area contributed by atoms with E-state index in [9.17, 15) is 22.0 Å². The largest absolute Gasteiger partial charge is 0.497 e. The predicted octanol–water partition coefficient (Wildman–Crippen LogP) is 3.40. The lowest BCUT2D eigenvalue weighted by atomic mass is 10.0. The third kappa shape index (κ3) is 5.44. The number of carbonyl (C=O) groups excluding carboxylic acids is 1. The van der Waals surface area contributed by atoms with Gasteiger partial charge in [0.25, 0.3) is 0 Å². The molecular formula is C20H24F2N2O4S. The first-order valence-electron chi connectivity index (χ1n) is 8.97. The number of rotatable bonds is 8. The lowest BCUT2D eigenvalue weighted by Gasteiger charge is -2.30. The number of ether oxygens (including phenoxy) is 1. The van der Waals surface area contributed by atoms with Gasteiger partial charge in [-0.1, -0.05) is 19.1 Å². The van der Waals surface area contributed by atoms with E-state index in [2.05, 4.69) is 5.32 Å². The average molecular weight is 426 g/mol. The van der Waals surface area contributed by atoms with E-state index < -0.39 is 33.6 Å². The smallest absolute Gasteiger partial charge is 0.244 e. The molecule has 158 valence electrons. The summed E-state index contributed by atoms with van der Waals surface area (Å²) in [6.07, 6.45) is 1.47. The first-order chi connectivity index (χ1) is 13.6. The third-order valence-electron chi connectivity index (χ3n) is 4.49. The van der Waals surface area contributed by atoms with Crippen molar-refractivity contribution < 1.29 is 26.7 Å². The lowest BCUT2D eigenvalue weighted by molar-refractivity contribution is -0.122. The van der Waals surface area contributed by atoms with Gasteiger partial charge in [0, 0.05) is 6.07 Å². The molecule has 1 amide bonds. The van der Waals surface area contributed by atoms with Gasteiger partial charge >= 0.3 is 0 Å². The molecule has 0 aromatic heterocycles. The number of amides is 1. The number of halogens is 2. The van der Waals surface area contributed by atoms with E-state index in [4.69, 9.17) is 4.74 Å². The zero-order valence-corrected chi connectivity index (χ0v) is 17.5. The first-order valence-corrected chi connectivity index (χ1v) is 10.8. The molecule has 2 atom stereocenters. The van der Waals surface area contributed by atoms with Crippen LogP contribution in [-0.4, -0.2) is 33.7 Å². The van der Waals surface area contributed by atoms with Crippen LogP contribution in [-0.2, 0) is 14.8 Å². The maximum atomic E-state index is 13.6. The molecule has 29 heavy (non-hydrogen) atoms. The summed E-state index contributed by atoms with van der Waals surface area (Å²) in [5, 5.41) is 2.81. The minimum absolute atomic E-state index is 0.133. The van der Waals surface area contributed by atoms with Gasteiger partial charge in [0.2, 0.25) is 15.9 Å². The molecule has 2 aromatic carbocycles. The second-order valence-electron chi connectivity index (χ2n) is 6.58. The van der Waals surface area contributed by atoms with Gasteiger partial charge in [-0.15, -0.1) is 0 Å². The van der Waals surface area contributed by atoms with Crippen molar-refractivity contribution in [2.24, 2.45) is 0 Å². The van der Waals surface area contributed by atoms with Crippen LogP contribution in [0.15, 0.2) is 42.5 Å². The Labute approximate surface area is 169 Å². The summed E-state index contributed by atoms with van der Waals surface area (Å²) < 4.78 is 57.3. The van der Waals surface area contributed by atoms with Gasteiger partial charge in [-0.05, 0) is 43.2 Å². The maximum absolute atomic E-state index is 13.6. The molecule has 0 saturated heterocycles. The van der Waals surface area contributed by atoms with Gasteiger partial charge in [0.15, 0.2) is 11.6 Å². The second kappa shape index (κ2) is 9.21.